The van der Waals surface area contributed by atoms with Gasteiger partial charge in [0.2, 0.25) is 5.90 Å². The number of esters is 1. The Balaban J connectivity index is 1.96. The quantitative estimate of drug-likeness (QED) is 0.174. The third kappa shape index (κ3) is 5.36. The van der Waals surface area contributed by atoms with Crippen LogP contribution in [0.5, 0.6) is 11.5 Å². The van der Waals surface area contributed by atoms with E-state index in [1.165, 1.54) is 0 Å². The van der Waals surface area contributed by atoms with Crippen LogP contribution in [0.25, 0.3) is 6.08 Å². The van der Waals surface area contributed by atoms with Crippen molar-refractivity contribution in [1.29, 1.82) is 0 Å². The molecule has 2 aromatic carbocycles. The average molecular weight is 558 g/mol. The molecule has 1 aliphatic heterocycles. The highest BCUT2D eigenvalue weighted by Gasteiger charge is 2.26. The fraction of sp³-hybridized carbons (Fsp3) is 0.182. The molecule has 5 nitrogen and oxygen atoms in total. The Hall–Kier alpha value is -2.03. The van der Waals surface area contributed by atoms with Crippen LogP contribution < -0.4 is 9.47 Å². The van der Waals surface area contributed by atoms with Gasteiger partial charge in [-0.05, 0) is 84.0 Å². The monoisotopic (exact) mass is 557 g/mol. The van der Waals surface area contributed by atoms with Crippen LogP contribution in [0.3, 0.4) is 0 Å². The molecule has 0 N–H and O–H groups in total. The molecular weight excluding hydrogens is 540 g/mol. The van der Waals surface area contributed by atoms with Gasteiger partial charge >= 0.3 is 5.97 Å². The maximum atomic E-state index is 12.3. The minimum absolute atomic E-state index is 0.133. The predicted molar refractivity (Wildman–Crippen MR) is 128 cm³/mol. The minimum Gasteiger partial charge on any atom is -0.490 e. The van der Waals surface area contributed by atoms with Crippen molar-refractivity contribution in [2.24, 2.45) is 4.99 Å². The van der Waals surface area contributed by atoms with Crippen molar-refractivity contribution < 1.29 is 19.0 Å². The summed E-state index contributed by atoms with van der Waals surface area (Å²) in [5.41, 5.74) is 2.27. The van der Waals surface area contributed by atoms with E-state index in [0.29, 0.717) is 40.3 Å². The first kappa shape index (κ1) is 22.7. The highest BCUT2D eigenvalue weighted by molar-refractivity contribution is 14.1. The summed E-state index contributed by atoms with van der Waals surface area (Å²) < 4.78 is 17.7. The van der Waals surface area contributed by atoms with Crippen molar-refractivity contribution in [2.75, 3.05) is 13.2 Å². The third-order valence-corrected chi connectivity index (χ3v) is 5.23. The number of benzene rings is 2. The van der Waals surface area contributed by atoms with E-state index in [1.54, 1.807) is 30.3 Å². The summed E-state index contributed by atoms with van der Waals surface area (Å²) >= 11 is 14.3. The lowest BCUT2D eigenvalue weighted by Crippen LogP contribution is -2.06. The Labute approximate surface area is 198 Å². The molecule has 0 radical (unpaired) electrons. The van der Waals surface area contributed by atoms with E-state index in [0.717, 1.165) is 14.7 Å². The second-order valence-electron chi connectivity index (χ2n) is 6.47. The summed E-state index contributed by atoms with van der Waals surface area (Å²) in [6, 6.07) is 8.55. The zero-order valence-corrected chi connectivity index (χ0v) is 20.0. The average Bonchev–Trinajstić information content (AvgIpc) is 3.01. The molecule has 0 atom stereocenters. The number of hydrogen-bond donors (Lipinski definition) is 0. The van der Waals surface area contributed by atoms with Crippen LogP contribution in [0.4, 0.5) is 0 Å². The summed E-state index contributed by atoms with van der Waals surface area (Å²) in [7, 11) is 0. The first-order chi connectivity index (χ1) is 14.3. The fourth-order valence-corrected chi connectivity index (χ4v) is 3.89. The lowest BCUT2D eigenvalue weighted by Gasteiger charge is -2.14. The van der Waals surface area contributed by atoms with Crippen LogP contribution in [0.1, 0.15) is 25.0 Å². The molecule has 0 saturated heterocycles. The highest BCUT2D eigenvalue weighted by Crippen LogP contribution is 2.36. The van der Waals surface area contributed by atoms with Gasteiger partial charge in [-0.1, -0.05) is 29.8 Å². The van der Waals surface area contributed by atoms with E-state index in [9.17, 15) is 4.79 Å². The number of cyclic esters (lactones) is 1. The van der Waals surface area contributed by atoms with Gasteiger partial charge in [-0.3, -0.25) is 0 Å². The zero-order chi connectivity index (χ0) is 21.8. The molecule has 0 bridgehead atoms. The largest absolute Gasteiger partial charge is 0.490 e. The molecule has 156 valence electrons. The Morgan fingerprint density at radius 2 is 2.03 bits per heavy atom. The lowest BCUT2D eigenvalue weighted by molar-refractivity contribution is -0.129. The van der Waals surface area contributed by atoms with Crippen LogP contribution in [-0.4, -0.2) is 25.1 Å². The van der Waals surface area contributed by atoms with E-state index in [4.69, 9.17) is 37.4 Å². The number of rotatable bonds is 7. The van der Waals surface area contributed by atoms with Gasteiger partial charge in [0.05, 0.1) is 20.8 Å². The van der Waals surface area contributed by atoms with Crippen LogP contribution in [0.2, 0.25) is 10.0 Å². The Bertz CT molecular complexity index is 1080. The number of hydrogen-bond acceptors (Lipinski definition) is 5. The van der Waals surface area contributed by atoms with Gasteiger partial charge in [0.1, 0.15) is 6.61 Å². The summed E-state index contributed by atoms with van der Waals surface area (Å²) in [5, 5.41) is 0.832. The molecule has 3 rings (SSSR count). The molecule has 1 heterocycles. The van der Waals surface area contributed by atoms with E-state index in [-0.39, 0.29) is 11.6 Å². The second kappa shape index (κ2) is 9.85. The summed E-state index contributed by atoms with van der Waals surface area (Å²) in [6.45, 7) is 8.49. The molecule has 2 aromatic rings. The second-order valence-corrected chi connectivity index (χ2v) is 8.47. The molecule has 0 fully saturated rings. The molecule has 0 spiro atoms. The van der Waals surface area contributed by atoms with Gasteiger partial charge in [-0.15, -0.1) is 0 Å². The molecule has 1 aliphatic rings. The number of halogens is 3. The van der Waals surface area contributed by atoms with Crippen molar-refractivity contribution in [2.45, 2.75) is 13.8 Å². The Morgan fingerprint density at radius 1 is 1.27 bits per heavy atom. The van der Waals surface area contributed by atoms with Crippen molar-refractivity contribution >= 4 is 63.7 Å². The van der Waals surface area contributed by atoms with Gasteiger partial charge in [0.15, 0.2) is 17.2 Å². The van der Waals surface area contributed by atoms with Crippen LogP contribution >= 0.6 is 45.8 Å². The zero-order valence-electron chi connectivity index (χ0n) is 16.3. The van der Waals surface area contributed by atoms with Gasteiger partial charge in [-0.2, -0.15) is 0 Å². The van der Waals surface area contributed by atoms with Gasteiger partial charge in [0, 0.05) is 5.02 Å². The maximum absolute atomic E-state index is 12.3. The van der Waals surface area contributed by atoms with Crippen LogP contribution in [-0.2, 0) is 9.53 Å². The molecular formula is C22H18Cl2INO4. The molecule has 0 aromatic heterocycles. The third-order valence-electron chi connectivity index (χ3n) is 3.88. The number of nitrogens with zero attached hydrogens (tertiary/aromatic N) is 1. The van der Waals surface area contributed by atoms with E-state index >= 15 is 0 Å². The maximum Gasteiger partial charge on any atom is 0.363 e. The number of carbonyl (C=O) groups excluding carboxylic acids is 1. The molecule has 0 amide bonds. The van der Waals surface area contributed by atoms with E-state index < -0.39 is 5.97 Å². The number of aliphatic imine (C=N–C) groups is 1. The van der Waals surface area contributed by atoms with E-state index in [1.807, 2.05) is 19.9 Å². The molecule has 30 heavy (non-hydrogen) atoms. The Kier molecular flexibility index (Phi) is 7.44. The lowest BCUT2D eigenvalue weighted by atomic mass is 10.1. The molecule has 0 saturated carbocycles. The first-order valence-electron chi connectivity index (χ1n) is 9.00. The minimum atomic E-state index is -0.563. The van der Waals surface area contributed by atoms with Crippen LogP contribution in [0, 0.1) is 3.57 Å². The van der Waals surface area contributed by atoms with Gasteiger partial charge < -0.3 is 14.2 Å². The van der Waals surface area contributed by atoms with E-state index in [2.05, 4.69) is 34.2 Å². The van der Waals surface area contributed by atoms with Gasteiger partial charge in [0.25, 0.3) is 0 Å². The highest BCUT2D eigenvalue weighted by atomic mass is 127. The first-order valence-corrected chi connectivity index (χ1v) is 10.8. The summed E-state index contributed by atoms with van der Waals surface area (Å²) in [4.78, 5) is 16.6. The van der Waals surface area contributed by atoms with Crippen molar-refractivity contribution in [3.8, 4) is 11.5 Å². The van der Waals surface area contributed by atoms with Crippen molar-refractivity contribution in [3.05, 3.63) is 72.9 Å². The SMILES string of the molecule is C=C(C)COc1c(I)cc(/C=C2\N=C(c3ccc(Cl)cc3Cl)OC2=O)cc1OCC. The summed E-state index contributed by atoms with van der Waals surface area (Å²) in [5.74, 6) is 0.781. The smallest absolute Gasteiger partial charge is 0.363 e. The van der Waals surface area contributed by atoms with Gasteiger partial charge in [-0.25, -0.2) is 9.79 Å². The van der Waals surface area contributed by atoms with Crippen molar-refractivity contribution in [3.63, 3.8) is 0 Å². The molecule has 0 unspecified atom stereocenters. The topological polar surface area (TPSA) is 57.1 Å². The molecule has 8 heteroatoms. The predicted octanol–water partition coefficient (Wildman–Crippen LogP) is 6.30. The summed E-state index contributed by atoms with van der Waals surface area (Å²) in [6.07, 6.45) is 1.63. The molecule has 0 aliphatic carbocycles. The van der Waals surface area contributed by atoms with Crippen molar-refractivity contribution in [1.82, 2.24) is 0 Å². The number of ether oxygens (including phenoxy) is 3. The van der Waals surface area contributed by atoms with Crippen LogP contribution in [0.15, 0.2) is 53.2 Å². The normalized spacial score (nSPS) is 14.5. The fourth-order valence-electron chi connectivity index (χ4n) is 2.61. The standard InChI is InChI=1S/C22H18Cl2INO4/c1-4-28-19-9-13(7-17(25)20(19)29-11-12(2)3)8-18-22(27)30-21(26-18)15-6-5-14(23)10-16(15)24/h5-10H,2,4,11H2,1,3H3/b18-8-. The Morgan fingerprint density at radius 3 is 2.70 bits per heavy atom. The number of carbonyl (C=O) groups is 1.